The molecule has 0 unspecified atom stereocenters. The van der Waals surface area contributed by atoms with Crippen molar-refractivity contribution in [3.8, 4) is 5.75 Å². The van der Waals surface area contributed by atoms with Gasteiger partial charge in [0.2, 0.25) is 10.0 Å². The third kappa shape index (κ3) is 4.32. The number of ether oxygens (including phenoxy) is 1. The number of amides is 1. The summed E-state index contributed by atoms with van der Waals surface area (Å²) in [4.78, 5) is 12.8. The zero-order valence-corrected chi connectivity index (χ0v) is 17.4. The average Bonchev–Trinajstić information content (AvgIpc) is 2.71. The molecule has 1 aliphatic heterocycles. The molecule has 0 aromatic heterocycles. The largest absolute Gasteiger partial charge is 0.495 e. The number of sulfonamides is 1. The molecular weight excluding hydrogens is 400 g/mol. The van der Waals surface area contributed by atoms with Crippen LogP contribution in [0, 0.1) is 6.92 Å². The van der Waals surface area contributed by atoms with Crippen molar-refractivity contribution < 1.29 is 17.9 Å². The summed E-state index contributed by atoms with van der Waals surface area (Å²) in [6.45, 7) is 2.91. The lowest BCUT2D eigenvalue weighted by Gasteiger charge is -2.25. The lowest BCUT2D eigenvalue weighted by atomic mass is 10.1. The van der Waals surface area contributed by atoms with Crippen LogP contribution in [0.4, 0.5) is 5.69 Å². The van der Waals surface area contributed by atoms with Gasteiger partial charge in [-0.25, -0.2) is 8.42 Å². The van der Waals surface area contributed by atoms with Gasteiger partial charge in [0.15, 0.2) is 0 Å². The quantitative estimate of drug-likeness (QED) is 0.787. The van der Waals surface area contributed by atoms with E-state index >= 15 is 0 Å². The SMILES string of the molecule is COc1cc(Cl)c(C)cc1NC(=O)c1ccc(S(=O)(=O)N2CCCCC2)cc1. The first-order chi connectivity index (χ1) is 13.3. The van der Waals surface area contributed by atoms with E-state index in [2.05, 4.69) is 5.32 Å². The molecule has 1 aliphatic rings. The van der Waals surface area contributed by atoms with Gasteiger partial charge in [0, 0.05) is 29.7 Å². The van der Waals surface area contributed by atoms with Gasteiger partial charge >= 0.3 is 0 Å². The van der Waals surface area contributed by atoms with Crippen molar-refractivity contribution >= 4 is 33.2 Å². The summed E-state index contributed by atoms with van der Waals surface area (Å²) in [5, 5.41) is 3.33. The molecule has 1 N–H and O–H groups in total. The van der Waals surface area contributed by atoms with Gasteiger partial charge in [-0.15, -0.1) is 0 Å². The van der Waals surface area contributed by atoms with Crippen LogP contribution in [0.1, 0.15) is 35.2 Å². The molecule has 1 fully saturated rings. The number of piperidine rings is 1. The van der Waals surface area contributed by atoms with E-state index in [0.29, 0.717) is 35.1 Å². The van der Waals surface area contributed by atoms with Crippen LogP contribution in [-0.2, 0) is 10.0 Å². The van der Waals surface area contributed by atoms with Crippen LogP contribution >= 0.6 is 11.6 Å². The van der Waals surface area contributed by atoms with E-state index < -0.39 is 10.0 Å². The molecule has 150 valence electrons. The zero-order chi connectivity index (χ0) is 20.3. The maximum atomic E-state index is 12.7. The van der Waals surface area contributed by atoms with Crippen LogP contribution in [0.5, 0.6) is 5.75 Å². The predicted molar refractivity (Wildman–Crippen MR) is 110 cm³/mol. The van der Waals surface area contributed by atoms with Gasteiger partial charge in [0.25, 0.3) is 5.91 Å². The fraction of sp³-hybridized carbons (Fsp3) is 0.350. The molecule has 1 saturated heterocycles. The third-order valence-corrected chi connectivity index (χ3v) is 7.12. The fourth-order valence-electron chi connectivity index (χ4n) is 3.16. The van der Waals surface area contributed by atoms with E-state index in [1.54, 1.807) is 12.1 Å². The smallest absolute Gasteiger partial charge is 0.255 e. The van der Waals surface area contributed by atoms with Gasteiger partial charge < -0.3 is 10.1 Å². The Kier molecular flexibility index (Phi) is 6.27. The summed E-state index contributed by atoms with van der Waals surface area (Å²) in [6.07, 6.45) is 2.81. The Hall–Kier alpha value is -2.09. The first-order valence-electron chi connectivity index (χ1n) is 9.08. The first-order valence-corrected chi connectivity index (χ1v) is 10.9. The highest BCUT2D eigenvalue weighted by Gasteiger charge is 2.26. The minimum absolute atomic E-state index is 0.200. The highest BCUT2D eigenvalue weighted by molar-refractivity contribution is 7.89. The Morgan fingerprint density at radius 2 is 1.75 bits per heavy atom. The first kappa shape index (κ1) is 20.6. The van der Waals surface area contributed by atoms with E-state index in [1.807, 2.05) is 6.92 Å². The standard InChI is InChI=1S/C20H23ClN2O4S/c1-14-12-18(19(27-2)13-17(14)21)22-20(24)15-6-8-16(9-7-15)28(25,26)23-10-4-3-5-11-23/h6-9,12-13H,3-5,10-11H2,1-2H3,(H,22,24). The number of hydrogen-bond donors (Lipinski definition) is 1. The number of hydrogen-bond acceptors (Lipinski definition) is 4. The number of aryl methyl sites for hydroxylation is 1. The summed E-state index contributed by atoms with van der Waals surface area (Å²) >= 11 is 6.09. The molecule has 0 spiro atoms. The van der Waals surface area contributed by atoms with Crippen LogP contribution in [-0.4, -0.2) is 38.8 Å². The summed E-state index contributed by atoms with van der Waals surface area (Å²) in [6, 6.07) is 9.35. The minimum Gasteiger partial charge on any atom is -0.495 e. The van der Waals surface area contributed by atoms with Gasteiger partial charge in [-0.05, 0) is 55.7 Å². The summed E-state index contributed by atoms with van der Waals surface area (Å²) in [5.74, 6) is 0.0928. The van der Waals surface area contributed by atoms with Crippen molar-refractivity contribution in [3.05, 3.63) is 52.5 Å². The highest BCUT2D eigenvalue weighted by Crippen LogP contribution is 2.31. The van der Waals surface area contributed by atoms with Crippen molar-refractivity contribution in [1.29, 1.82) is 0 Å². The van der Waals surface area contributed by atoms with Crippen LogP contribution in [0.2, 0.25) is 5.02 Å². The van der Waals surface area contributed by atoms with E-state index in [0.717, 1.165) is 24.8 Å². The van der Waals surface area contributed by atoms with E-state index in [1.165, 1.54) is 35.7 Å². The van der Waals surface area contributed by atoms with Gasteiger partial charge in [-0.1, -0.05) is 18.0 Å². The molecule has 1 heterocycles. The summed E-state index contributed by atoms with van der Waals surface area (Å²) < 4.78 is 32.2. The van der Waals surface area contributed by atoms with Crippen molar-refractivity contribution in [2.45, 2.75) is 31.1 Å². The number of benzene rings is 2. The number of carbonyl (C=O) groups excluding carboxylic acids is 1. The molecule has 6 nitrogen and oxygen atoms in total. The second-order valence-corrected chi connectivity index (χ2v) is 9.09. The summed E-state index contributed by atoms with van der Waals surface area (Å²) in [5.41, 5.74) is 1.66. The molecule has 1 amide bonds. The molecule has 2 aromatic rings. The molecule has 0 radical (unpaired) electrons. The van der Waals surface area contributed by atoms with Gasteiger partial charge in [0.1, 0.15) is 5.75 Å². The van der Waals surface area contributed by atoms with Gasteiger partial charge in [-0.3, -0.25) is 4.79 Å². The van der Waals surface area contributed by atoms with E-state index in [-0.39, 0.29) is 10.8 Å². The minimum atomic E-state index is -3.52. The molecule has 0 bridgehead atoms. The number of carbonyl (C=O) groups is 1. The van der Waals surface area contributed by atoms with Crippen LogP contribution < -0.4 is 10.1 Å². The molecule has 0 atom stereocenters. The van der Waals surface area contributed by atoms with Crippen molar-refractivity contribution in [3.63, 3.8) is 0 Å². The molecule has 28 heavy (non-hydrogen) atoms. The molecule has 0 aliphatic carbocycles. The monoisotopic (exact) mass is 422 g/mol. The Morgan fingerprint density at radius 1 is 1.11 bits per heavy atom. The summed E-state index contributed by atoms with van der Waals surface area (Å²) in [7, 11) is -2.02. The number of methoxy groups -OCH3 is 1. The highest BCUT2D eigenvalue weighted by atomic mass is 35.5. The van der Waals surface area contributed by atoms with Crippen molar-refractivity contribution in [2.24, 2.45) is 0 Å². The number of nitrogens with one attached hydrogen (secondary N) is 1. The van der Waals surface area contributed by atoms with Crippen molar-refractivity contribution in [1.82, 2.24) is 4.31 Å². The zero-order valence-electron chi connectivity index (χ0n) is 15.9. The van der Waals surface area contributed by atoms with Crippen LogP contribution in [0.25, 0.3) is 0 Å². The topological polar surface area (TPSA) is 75.7 Å². The van der Waals surface area contributed by atoms with Gasteiger partial charge in [0.05, 0.1) is 17.7 Å². The maximum absolute atomic E-state index is 12.7. The Labute approximate surface area is 170 Å². The number of rotatable bonds is 5. The van der Waals surface area contributed by atoms with Crippen LogP contribution in [0.15, 0.2) is 41.3 Å². The van der Waals surface area contributed by atoms with E-state index in [4.69, 9.17) is 16.3 Å². The Morgan fingerprint density at radius 3 is 2.36 bits per heavy atom. The fourth-order valence-corrected chi connectivity index (χ4v) is 4.83. The number of anilines is 1. The Balaban J connectivity index is 1.78. The normalized spacial score (nSPS) is 15.2. The predicted octanol–water partition coefficient (Wildman–Crippen LogP) is 4.08. The average molecular weight is 423 g/mol. The third-order valence-electron chi connectivity index (χ3n) is 4.80. The van der Waals surface area contributed by atoms with E-state index in [9.17, 15) is 13.2 Å². The molecule has 0 saturated carbocycles. The molecule has 3 rings (SSSR count). The Bertz CT molecular complexity index is 968. The number of nitrogens with zero attached hydrogens (tertiary/aromatic N) is 1. The van der Waals surface area contributed by atoms with Gasteiger partial charge in [-0.2, -0.15) is 4.31 Å². The lowest BCUT2D eigenvalue weighted by molar-refractivity contribution is 0.102. The van der Waals surface area contributed by atoms with Crippen molar-refractivity contribution in [2.75, 3.05) is 25.5 Å². The molecular formula is C20H23ClN2O4S. The van der Waals surface area contributed by atoms with Crippen LogP contribution in [0.3, 0.4) is 0 Å². The number of halogens is 1. The lowest BCUT2D eigenvalue weighted by Crippen LogP contribution is -2.35. The second-order valence-electron chi connectivity index (χ2n) is 6.74. The molecule has 2 aromatic carbocycles. The second kappa shape index (κ2) is 8.51. The maximum Gasteiger partial charge on any atom is 0.255 e. The molecule has 8 heteroatoms.